The number of benzene rings is 2. The Bertz CT molecular complexity index is 908. The van der Waals surface area contributed by atoms with Crippen LogP contribution in [0, 0.1) is 24.0 Å². The molecule has 3 rings (SSSR count). The molecule has 0 radical (unpaired) electrons. The van der Waals surface area contributed by atoms with Crippen LogP contribution in [0.4, 0.5) is 11.4 Å². The number of non-ortho nitro benzene ring substituents is 1. The standard InChI is InChI=1S/C20H21N3O4/c1-13-4-5-14(2)18(12-13)22-11-10-21(15(3)19(22)24)20(25)16-6-8-17(9-7-16)23(26)27/h4-9,12,15H,10-11H2,1-3H3/t15-/m0/s1. The first-order valence-corrected chi connectivity index (χ1v) is 8.73. The van der Waals surface area contributed by atoms with Crippen molar-refractivity contribution in [1.29, 1.82) is 0 Å². The van der Waals surface area contributed by atoms with E-state index in [0.29, 0.717) is 18.7 Å². The van der Waals surface area contributed by atoms with Crippen molar-refractivity contribution < 1.29 is 14.5 Å². The van der Waals surface area contributed by atoms with Crippen molar-refractivity contribution >= 4 is 23.2 Å². The number of hydrogen-bond donors (Lipinski definition) is 0. The van der Waals surface area contributed by atoms with Gasteiger partial charge in [0.2, 0.25) is 5.91 Å². The van der Waals surface area contributed by atoms with Crippen LogP contribution in [0.5, 0.6) is 0 Å². The van der Waals surface area contributed by atoms with Crippen LogP contribution in [0.1, 0.15) is 28.4 Å². The number of anilines is 1. The first-order chi connectivity index (χ1) is 12.8. The van der Waals surface area contributed by atoms with Crippen molar-refractivity contribution in [3.8, 4) is 0 Å². The highest BCUT2D eigenvalue weighted by molar-refractivity contribution is 6.03. The SMILES string of the molecule is Cc1ccc(C)c(N2CCN(C(=O)c3ccc([N+](=O)[O-])cc3)[C@@H](C)C2=O)c1. The molecule has 1 heterocycles. The third-order valence-corrected chi connectivity index (χ3v) is 4.90. The van der Waals surface area contributed by atoms with Crippen molar-refractivity contribution in [3.63, 3.8) is 0 Å². The van der Waals surface area contributed by atoms with Gasteiger partial charge in [-0.25, -0.2) is 0 Å². The molecule has 1 aliphatic rings. The molecule has 0 N–H and O–H groups in total. The number of nitro groups is 1. The minimum Gasteiger partial charge on any atom is -0.325 e. The molecule has 1 saturated heterocycles. The smallest absolute Gasteiger partial charge is 0.269 e. The Morgan fingerprint density at radius 2 is 1.78 bits per heavy atom. The van der Waals surface area contributed by atoms with Gasteiger partial charge in [-0.05, 0) is 50.1 Å². The van der Waals surface area contributed by atoms with E-state index in [1.807, 2.05) is 32.0 Å². The van der Waals surface area contributed by atoms with E-state index in [1.54, 1.807) is 11.8 Å². The maximum atomic E-state index is 12.9. The fourth-order valence-corrected chi connectivity index (χ4v) is 3.29. The zero-order chi connectivity index (χ0) is 19.7. The number of amides is 2. The number of aryl methyl sites for hydroxylation is 2. The first-order valence-electron chi connectivity index (χ1n) is 8.73. The molecule has 0 bridgehead atoms. The molecule has 0 unspecified atom stereocenters. The van der Waals surface area contributed by atoms with Gasteiger partial charge in [0.15, 0.2) is 0 Å². The van der Waals surface area contributed by atoms with Crippen LogP contribution in [-0.4, -0.2) is 40.8 Å². The highest BCUT2D eigenvalue weighted by Gasteiger charge is 2.35. The average molecular weight is 367 g/mol. The molecule has 7 heteroatoms. The lowest BCUT2D eigenvalue weighted by molar-refractivity contribution is -0.384. The van der Waals surface area contributed by atoms with E-state index in [-0.39, 0.29) is 17.5 Å². The van der Waals surface area contributed by atoms with Gasteiger partial charge in [0, 0.05) is 36.5 Å². The van der Waals surface area contributed by atoms with E-state index in [9.17, 15) is 19.7 Å². The number of hydrogen-bond acceptors (Lipinski definition) is 4. The summed E-state index contributed by atoms with van der Waals surface area (Å²) in [5.41, 5.74) is 3.21. The second-order valence-electron chi connectivity index (χ2n) is 6.76. The molecule has 0 spiro atoms. The van der Waals surface area contributed by atoms with E-state index in [1.165, 1.54) is 29.2 Å². The van der Waals surface area contributed by atoms with Crippen LogP contribution in [0.2, 0.25) is 0 Å². The maximum Gasteiger partial charge on any atom is 0.269 e. The Balaban J connectivity index is 1.80. The summed E-state index contributed by atoms with van der Waals surface area (Å²) in [5.74, 6) is -0.434. The Morgan fingerprint density at radius 1 is 1.11 bits per heavy atom. The van der Waals surface area contributed by atoms with Crippen LogP contribution in [-0.2, 0) is 4.79 Å². The average Bonchev–Trinajstić information content (AvgIpc) is 2.65. The summed E-state index contributed by atoms with van der Waals surface area (Å²) in [5, 5.41) is 10.8. The van der Waals surface area contributed by atoms with Crippen LogP contribution in [0.3, 0.4) is 0 Å². The number of nitro benzene ring substituents is 1. The lowest BCUT2D eigenvalue weighted by Crippen LogP contribution is -2.58. The minimum absolute atomic E-state index is 0.0737. The third kappa shape index (κ3) is 3.53. The van der Waals surface area contributed by atoms with Crippen molar-refractivity contribution in [3.05, 3.63) is 69.3 Å². The molecule has 0 aromatic heterocycles. The van der Waals surface area contributed by atoms with Gasteiger partial charge in [-0.2, -0.15) is 0 Å². The summed E-state index contributed by atoms with van der Waals surface area (Å²) in [6.45, 7) is 6.46. The number of carbonyl (C=O) groups is 2. The fourth-order valence-electron chi connectivity index (χ4n) is 3.29. The molecule has 2 amide bonds. The van der Waals surface area contributed by atoms with Gasteiger partial charge in [0.05, 0.1) is 4.92 Å². The highest BCUT2D eigenvalue weighted by Crippen LogP contribution is 2.26. The zero-order valence-electron chi connectivity index (χ0n) is 15.5. The predicted molar refractivity (Wildman–Crippen MR) is 102 cm³/mol. The normalized spacial score (nSPS) is 17.1. The Kier molecular flexibility index (Phi) is 4.94. The summed E-state index contributed by atoms with van der Waals surface area (Å²) >= 11 is 0. The molecular weight excluding hydrogens is 346 g/mol. The highest BCUT2D eigenvalue weighted by atomic mass is 16.6. The van der Waals surface area contributed by atoms with Gasteiger partial charge in [0.25, 0.3) is 11.6 Å². The van der Waals surface area contributed by atoms with E-state index in [2.05, 4.69) is 0 Å². The number of rotatable bonds is 3. The molecule has 0 saturated carbocycles. The molecule has 1 fully saturated rings. The summed E-state index contributed by atoms with van der Waals surface area (Å²) in [7, 11) is 0. The number of nitrogens with zero attached hydrogens (tertiary/aromatic N) is 3. The van der Waals surface area contributed by atoms with E-state index in [0.717, 1.165) is 16.8 Å². The van der Waals surface area contributed by atoms with Crippen molar-refractivity contribution in [2.45, 2.75) is 26.8 Å². The largest absolute Gasteiger partial charge is 0.325 e. The van der Waals surface area contributed by atoms with Gasteiger partial charge < -0.3 is 9.80 Å². The summed E-state index contributed by atoms with van der Waals surface area (Å²) in [4.78, 5) is 39.2. The Hall–Kier alpha value is -3.22. The molecule has 7 nitrogen and oxygen atoms in total. The number of carbonyl (C=O) groups excluding carboxylic acids is 2. The molecular formula is C20H21N3O4. The lowest BCUT2D eigenvalue weighted by Gasteiger charge is -2.39. The van der Waals surface area contributed by atoms with Crippen LogP contribution in [0.25, 0.3) is 0 Å². The van der Waals surface area contributed by atoms with Gasteiger partial charge in [-0.1, -0.05) is 12.1 Å². The van der Waals surface area contributed by atoms with Gasteiger partial charge in [-0.15, -0.1) is 0 Å². The Morgan fingerprint density at radius 3 is 2.41 bits per heavy atom. The molecule has 1 aliphatic heterocycles. The minimum atomic E-state index is -0.610. The number of piperazine rings is 1. The quantitative estimate of drug-likeness (QED) is 0.616. The first kappa shape index (κ1) is 18.6. The van der Waals surface area contributed by atoms with Gasteiger partial charge >= 0.3 is 0 Å². The van der Waals surface area contributed by atoms with Crippen molar-refractivity contribution in [2.24, 2.45) is 0 Å². The molecule has 2 aromatic rings. The van der Waals surface area contributed by atoms with E-state index in [4.69, 9.17) is 0 Å². The van der Waals surface area contributed by atoms with Gasteiger partial charge in [-0.3, -0.25) is 19.7 Å². The van der Waals surface area contributed by atoms with Crippen LogP contribution >= 0.6 is 0 Å². The second kappa shape index (κ2) is 7.19. The lowest BCUT2D eigenvalue weighted by atomic mass is 10.1. The third-order valence-electron chi connectivity index (χ3n) is 4.90. The van der Waals surface area contributed by atoms with Gasteiger partial charge in [0.1, 0.15) is 6.04 Å². The fraction of sp³-hybridized carbons (Fsp3) is 0.300. The summed E-state index contributed by atoms with van der Waals surface area (Å²) < 4.78 is 0. The molecule has 140 valence electrons. The topological polar surface area (TPSA) is 83.8 Å². The molecule has 27 heavy (non-hydrogen) atoms. The van der Waals surface area contributed by atoms with E-state index >= 15 is 0 Å². The summed E-state index contributed by atoms with van der Waals surface area (Å²) in [6, 6.07) is 10.8. The molecule has 1 atom stereocenters. The Labute approximate surface area is 157 Å². The van der Waals surface area contributed by atoms with E-state index < -0.39 is 11.0 Å². The van der Waals surface area contributed by atoms with Crippen LogP contribution < -0.4 is 4.90 Å². The molecule has 2 aromatic carbocycles. The monoisotopic (exact) mass is 367 g/mol. The predicted octanol–water partition coefficient (Wildman–Crippen LogP) is 3.09. The summed E-state index contributed by atoms with van der Waals surface area (Å²) in [6.07, 6.45) is 0. The van der Waals surface area contributed by atoms with Crippen LogP contribution in [0.15, 0.2) is 42.5 Å². The van der Waals surface area contributed by atoms with Crippen molar-refractivity contribution in [2.75, 3.05) is 18.0 Å². The maximum absolute atomic E-state index is 12.9. The second-order valence-corrected chi connectivity index (χ2v) is 6.76. The zero-order valence-corrected chi connectivity index (χ0v) is 15.5. The molecule has 0 aliphatic carbocycles. The van der Waals surface area contributed by atoms with Crippen molar-refractivity contribution in [1.82, 2.24) is 4.90 Å².